The molecule has 9 heteroatoms. The van der Waals surface area contributed by atoms with Crippen LogP contribution in [-0.4, -0.2) is 56.6 Å². The fourth-order valence-electron chi connectivity index (χ4n) is 3.94. The van der Waals surface area contributed by atoms with Crippen molar-refractivity contribution in [3.8, 4) is 0 Å². The summed E-state index contributed by atoms with van der Waals surface area (Å²) in [5, 5.41) is 14.0. The average molecular weight is 434 g/mol. The smallest absolute Gasteiger partial charge is 0.325 e. The van der Waals surface area contributed by atoms with Crippen molar-refractivity contribution < 1.29 is 24.3 Å². The molecule has 2 aliphatic rings. The van der Waals surface area contributed by atoms with E-state index >= 15 is 0 Å². The number of hydrogen-bond donors (Lipinski definition) is 3. The zero-order valence-electron chi connectivity index (χ0n) is 17.6. The molecule has 0 radical (unpaired) electrons. The lowest BCUT2D eigenvalue weighted by Gasteiger charge is -2.32. The van der Waals surface area contributed by atoms with Crippen molar-refractivity contribution in [1.82, 2.24) is 15.5 Å². The molecule has 3 rings (SSSR count). The lowest BCUT2D eigenvalue weighted by Crippen LogP contribution is -2.59. The number of benzene rings is 1. The summed E-state index contributed by atoms with van der Waals surface area (Å²) in [6.07, 6.45) is 0. The van der Waals surface area contributed by atoms with Crippen LogP contribution in [0.2, 0.25) is 0 Å². The standard InChI is InChI=1S/C21H27N3O5S/c1-10(2)14(16(25)22-11(3)20(28)29)23-17(26)15-21(4,5)30-19-13-9-7-6-8-12(13)18(27)24(15)19/h6-11,14-15,19H,1-5H3,(H,22,25)(H,23,26)(H,28,29)/t11-,14+,15+,19-/m1/s1. The number of carboxylic acids is 1. The number of hydrogen-bond acceptors (Lipinski definition) is 5. The zero-order valence-corrected chi connectivity index (χ0v) is 18.4. The van der Waals surface area contributed by atoms with Crippen LogP contribution in [-0.2, 0) is 14.4 Å². The predicted octanol–water partition coefficient (Wildman–Crippen LogP) is 1.77. The van der Waals surface area contributed by atoms with E-state index in [1.165, 1.54) is 6.92 Å². The molecule has 30 heavy (non-hydrogen) atoms. The highest BCUT2D eigenvalue weighted by molar-refractivity contribution is 8.01. The maximum absolute atomic E-state index is 13.3. The van der Waals surface area contributed by atoms with Gasteiger partial charge in [0.1, 0.15) is 23.5 Å². The summed E-state index contributed by atoms with van der Waals surface area (Å²) in [5.41, 5.74) is 1.49. The predicted molar refractivity (Wildman–Crippen MR) is 113 cm³/mol. The second kappa shape index (κ2) is 7.94. The third kappa shape index (κ3) is 3.78. The summed E-state index contributed by atoms with van der Waals surface area (Å²) in [6, 6.07) is 4.58. The van der Waals surface area contributed by atoms with Gasteiger partial charge in [0.15, 0.2) is 0 Å². The Bertz CT molecular complexity index is 900. The molecule has 2 heterocycles. The Morgan fingerprint density at radius 2 is 1.77 bits per heavy atom. The van der Waals surface area contributed by atoms with Gasteiger partial charge in [0.25, 0.3) is 5.91 Å². The lowest BCUT2D eigenvalue weighted by atomic mass is 9.98. The first kappa shape index (κ1) is 22.1. The molecule has 0 aromatic heterocycles. The van der Waals surface area contributed by atoms with E-state index in [9.17, 15) is 19.2 Å². The van der Waals surface area contributed by atoms with Gasteiger partial charge in [-0.15, -0.1) is 11.8 Å². The highest BCUT2D eigenvalue weighted by Gasteiger charge is 2.57. The molecule has 0 spiro atoms. The fourth-order valence-corrected chi connectivity index (χ4v) is 5.53. The number of carbonyl (C=O) groups excluding carboxylic acids is 3. The van der Waals surface area contributed by atoms with Crippen LogP contribution in [0.3, 0.4) is 0 Å². The van der Waals surface area contributed by atoms with Crippen molar-refractivity contribution in [1.29, 1.82) is 0 Å². The number of thioether (sulfide) groups is 1. The van der Waals surface area contributed by atoms with Gasteiger partial charge in [-0.2, -0.15) is 0 Å². The summed E-state index contributed by atoms with van der Waals surface area (Å²) in [4.78, 5) is 51.6. The van der Waals surface area contributed by atoms with E-state index in [0.29, 0.717) is 5.56 Å². The molecule has 8 nitrogen and oxygen atoms in total. The normalized spacial score (nSPS) is 23.5. The quantitative estimate of drug-likeness (QED) is 0.630. The van der Waals surface area contributed by atoms with Gasteiger partial charge >= 0.3 is 5.97 Å². The molecular weight excluding hydrogens is 406 g/mol. The first-order chi connectivity index (χ1) is 14.0. The van der Waals surface area contributed by atoms with Crippen LogP contribution in [0, 0.1) is 5.92 Å². The number of nitrogens with zero attached hydrogens (tertiary/aromatic N) is 1. The third-order valence-corrected chi connectivity index (χ3v) is 7.06. The molecule has 1 fully saturated rings. The molecule has 0 bridgehead atoms. The monoisotopic (exact) mass is 433 g/mol. The SMILES string of the molecule is CC(C)[C@H](NC(=O)[C@@H]1N2C(=O)c3ccccc3[C@H]2SC1(C)C)C(=O)N[C@H](C)C(=O)O. The molecule has 162 valence electrons. The number of aliphatic carboxylic acids is 1. The van der Waals surface area contributed by atoms with E-state index < -0.39 is 40.7 Å². The van der Waals surface area contributed by atoms with Crippen LogP contribution in [0.15, 0.2) is 24.3 Å². The van der Waals surface area contributed by atoms with Crippen LogP contribution in [0.1, 0.15) is 55.9 Å². The topological polar surface area (TPSA) is 116 Å². The first-order valence-electron chi connectivity index (χ1n) is 9.88. The van der Waals surface area contributed by atoms with Crippen LogP contribution in [0.4, 0.5) is 0 Å². The van der Waals surface area contributed by atoms with E-state index in [4.69, 9.17) is 5.11 Å². The summed E-state index contributed by atoms with van der Waals surface area (Å²) < 4.78 is -0.565. The summed E-state index contributed by atoms with van der Waals surface area (Å²) >= 11 is 1.55. The highest BCUT2D eigenvalue weighted by Crippen LogP contribution is 2.56. The third-order valence-electron chi connectivity index (χ3n) is 5.52. The van der Waals surface area contributed by atoms with Gasteiger partial charge in [0.2, 0.25) is 11.8 Å². The highest BCUT2D eigenvalue weighted by atomic mass is 32.2. The van der Waals surface area contributed by atoms with E-state index in [-0.39, 0.29) is 17.2 Å². The summed E-state index contributed by atoms with van der Waals surface area (Å²) in [6.45, 7) is 8.72. The van der Waals surface area contributed by atoms with Crippen molar-refractivity contribution >= 4 is 35.5 Å². The maximum atomic E-state index is 13.3. The van der Waals surface area contributed by atoms with Gasteiger partial charge in [-0.25, -0.2) is 0 Å². The van der Waals surface area contributed by atoms with Gasteiger partial charge in [-0.05, 0) is 38.3 Å². The second-order valence-corrected chi connectivity index (χ2v) is 10.3. The van der Waals surface area contributed by atoms with Crippen molar-refractivity contribution in [2.75, 3.05) is 0 Å². The Morgan fingerprint density at radius 3 is 2.37 bits per heavy atom. The molecule has 0 unspecified atom stereocenters. The molecular formula is C21H27N3O5S. The first-order valence-corrected chi connectivity index (χ1v) is 10.8. The number of carbonyl (C=O) groups is 4. The van der Waals surface area contributed by atoms with Crippen LogP contribution in [0.5, 0.6) is 0 Å². The Labute approximate surface area is 179 Å². The number of nitrogens with one attached hydrogen (secondary N) is 2. The minimum atomic E-state index is -1.16. The molecule has 1 saturated heterocycles. The largest absolute Gasteiger partial charge is 0.480 e. The minimum Gasteiger partial charge on any atom is -0.480 e. The molecule has 2 aliphatic heterocycles. The second-order valence-electron chi connectivity index (χ2n) is 8.57. The van der Waals surface area contributed by atoms with Gasteiger partial charge in [0.05, 0.1) is 0 Å². The Morgan fingerprint density at radius 1 is 1.13 bits per heavy atom. The molecule has 0 saturated carbocycles. The van der Waals surface area contributed by atoms with Crippen LogP contribution < -0.4 is 10.6 Å². The van der Waals surface area contributed by atoms with Crippen molar-refractivity contribution in [3.63, 3.8) is 0 Å². The molecule has 4 atom stereocenters. The molecule has 1 aromatic carbocycles. The van der Waals surface area contributed by atoms with Crippen LogP contribution in [0.25, 0.3) is 0 Å². The Balaban J connectivity index is 1.84. The van der Waals surface area contributed by atoms with E-state index in [0.717, 1.165) is 5.56 Å². The summed E-state index contributed by atoms with van der Waals surface area (Å²) in [7, 11) is 0. The molecule has 3 N–H and O–H groups in total. The van der Waals surface area contributed by atoms with E-state index in [2.05, 4.69) is 10.6 Å². The van der Waals surface area contributed by atoms with Crippen molar-refractivity contribution in [3.05, 3.63) is 35.4 Å². The van der Waals surface area contributed by atoms with Crippen molar-refractivity contribution in [2.24, 2.45) is 5.92 Å². The van der Waals surface area contributed by atoms with E-state index in [1.807, 2.05) is 26.0 Å². The van der Waals surface area contributed by atoms with Gasteiger partial charge in [-0.3, -0.25) is 19.2 Å². The Kier molecular flexibility index (Phi) is 5.86. The van der Waals surface area contributed by atoms with Gasteiger partial charge < -0.3 is 20.6 Å². The average Bonchev–Trinajstić information content (AvgIpc) is 3.09. The number of fused-ring (bicyclic) bond motifs is 3. The molecule has 1 aromatic rings. The fraction of sp³-hybridized carbons (Fsp3) is 0.524. The van der Waals surface area contributed by atoms with Crippen LogP contribution >= 0.6 is 11.8 Å². The maximum Gasteiger partial charge on any atom is 0.325 e. The zero-order chi connectivity index (χ0) is 22.4. The lowest BCUT2D eigenvalue weighted by molar-refractivity contribution is -0.142. The van der Waals surface area contributed by atoms with E-state index in [1.54, 1.807) is 42.6 Å². The number of amides is 3. The number of rotatable bonds is 6. The van der Waals surface area contributed by atoms with Crippen molar-refractivity contribution in [2.45, 2.75) is 62.9 Å². The number of carboxylic acid groups (broad SMARTS) is 1. The molecule has 0 aliphatic carbocycles. The van der Waals surface area contributed by atoms with Gasteiger partial charge in [-0.1, -0.05) is 32.0 Å². The Hall–Kier alpha value is -2.55. The molecule has 3 amide bonds. The van der Waals surface area contributed by atoms with Gasteiger partial charge in [0, 0.05) is 10.3 Å². The minimum absolute atomic E-state index is 0.195. The summed E-state index contributed by atoms with van der Waals surface area (Å²) in [5.74, 6) is -2.61.